The number of rotatable bonds is 3. The highest BCUT2D eigenvalue weighted by atomic mass is 35.5. The predicted octanol–water partition coefficient (Wildman–Crippen LogP) is 5.26. The van der Waals surface area contributed by atoms with E-state index in [1.807, 2.05) is 0 Å². The summed E-state index contributed by atoms with van der Waals surface area (Å²) >= 11 is 0. The van der Waals surface area contributed by atoms with Gasteiger partial charge in [-0.05, 0) is 18.2 Å². The molecule has 2 aromatic carbocycles. The summed E-state index contributed by atoms with van der Waals surface area (Å²) < 4.78 is 53.4. The quantitative estimate of drug-likeness (QED) is 0.603. The molecule has 0 aliphatic heterocycles. The number of carboxylic acid groups (broad SMARTS) is 1. The van der Waals surface area contributed by atoms with E-state index in [1.165, 1.54) is 24.3 Å². The fraction of sp³-hybridized carbons (Fsp3) is 0.0588. The molecule has 0 aliphatic rings. The SMILES string of the molecule is Cl.O=C(O)c1cnc2c(C(F)(F)F)cccc2c1Nc1ccccc1F. The minimum atomic E-state index is -4.66. The molecule has 3 rings (SSSR count). The van der Waals surface area contributed by atoms with Crippen molar-refractivity contribution in [3.8, 4) is 0 Å². The number of nitrogens with one attached hydrogen (secondary N) is 1. The molecule has 3 aromatic rings. The fourth-order valence-corrected chi connectivity index (χ4v) is 2.45. The number of hydrogen-bond donors (Lipinski definition) is 2. The molecule has 0 saturated heterocycles. The molecule has 0 radical (unpaired) electrons. The lowest BCUT2D eigenvalue weighted by Gasteiger charge is -2.15. The third kappa shape index (κ3) is 3.55. The first-order valence-electron chi connectivity index (χ1n) is 7.03. The monoisotopic (exact) mass is 386 g/mol. The van der Waals surface area contributed by atoms with E-state index in [4.69, 9.17) is 0 Å². The smallest absolute Gasteiger partial charge is 0.418 e. The van der Waals surface area contributed by atoms with Gasteiger partial charge in [0.05, 0.1) is 22.5 Å². The van der Waals surface area contributed by atoms with E-state index in [-0.39, 0.29) is 34.7 Å². The number of para-hydroxylation sites is 2. The topological polar surface area (TPSA) is 62.2 Å². The van der Waals surface area contributed by atoms with E-state index in [2.05, 4.69) is 10.3 Å². The summed E-state index contributed by atoms with van der Waals surface area (Å²) in [6.45, 7) is 0. The number of nitrogens with zero attached hydrogens (tertiary/aromatic N) is 1. The number of aromatic carboxylic acids is 1. The number of carbonyl (C=O) groups is 1. The lowest BCUT2D eigenvalue weighted by Crippen LogP contribution is -2.10. The van der Waals surface area contributed by atoms with Crippen LogP contribution in [0, 0.1) is 5.82 Å². The van der Waals surface area contributed by atoms with Gasteiger partial charge in [-0.2, -0.15) is 13.2 Å². The lowest BCUT2D eigenvalue weighted by molar-refractivity contribution is -0.136. The average molecular weight is 387 g/mol. The summed E-state index contributed by atoms with van der Waals surface area (Å²) in [6.07, 6.45) is -3.84. The van der Waals surface area contributed by atoms with Crippen molar-refractivity contribution in [3.63, 3.8) is 0 Å². The van der Waals surface area contributed by atoms with Gasteiger partial charge in [-0.25, -0.2) is 9.18 Å². The van der Waals surface area contributed by atoms with Crippen LogP contribution in [0.25, 0.3) is 10.9 Å². The molecule has 0 bridgehead atoms. The van der Waals surface area contributed by atoms with Crippen molar-refractivity contribution in [1.29, 1.82) is 0 Å². The lowest BCUT2D eigenvalue weighted by atomic mass is 10.0. The first-order valence-corrected chi connectivity index (χ1v) is 7.03. The summed E-state index contributed by atoms with van der Waals surface area (Å²) in [5.74, 6) is -2.07. The molecular weight excluding hydrogens is 376 g/mol. The maximum atomic E-state index is 13.9. The second kappa shape index (κ2) is 7.17. The fourth-order valence-electron chi connectivity index (χ4n) is 2.45. The van der Waals surface area contributed by atoms with Crippen LogP contribution in [0.5, 0.6) is 0 Å². The molecule has 0 amide bonds. The average Bonchev–Trinajstić information content (AvgIpc) is 2.55. The first kappa shape index (κ1) is 19.5. The number of hydrogen-bond acceptors (Lipinski definition) is 3. The second-order valence-electron chi connectivity index (χ2n) is 5.16. The molecule has 2 N–H and O–H groups in total. The molecule has 0 unspecified atom stereocenters. The Morgan fingerprint density at radius 2 is 1.77 bits per heavy atom. The van der Waals surface area contributed by atoms with Gasteiger partial charge in [0.15, 0.2) is 0 Å². The van der Waals surface area contributed by atoms with Gasteiger partial charge in [-0.1, -0.05) is 24.3 Å². The van der Waals surface area contributed by atoms with Crippen LogP contribution in [-0.4, -0.2) is 16.1 Å². The molecule has 136 valence electrons. The second-order valence-corrected chi connectivity index (χ2v) is 5.16. The highest BCUT2D eigenvalue weighted by molar-refractivity contribution is 6.06. The van der Waals surface area contributed by atoms with Crippen molar-refractivity contribution in [1.82, 2.24) is 4.98 Å². The van der Waals surface area contributed by atoms with E-state index in [0.717, 1.165) is 24.4 Å². The van der Waals surface area contributed by atoms with E-state index in [0.29, 0.717) is 0 Å². The predicted molar refractivity (Wildman–Crippen MR) is 90.6 cm³/mol. The normalized spacial score (nSPS) is 11.1. The van der Waals surface area contributed by atoms with Crippen molar-refractivity contribution in [2.24, 2.45) is 0 Å². The summed E-state index contributed by atoms with van der Waals surface area (Å²) in [5, 5.41) is 11.8. The zero-order valence-corrected chi connectivity index (χ0v) is 13.7. The third-order valence-electron chi connectivity index (χ3n) is 3.57. The van der Waals surface area contributed by atoms with Crippen molar-refractivity contribution < 1.29 is 27.5 Å². The van der Waals surface area contributed by atoms with Gasteiger partial charge in [0, 0.05) is 11.6 Å². The number of benzene rings is 2. The van der Waals surface area contributed by atoms with E-state index in [1.54, 1.807) is 0 Å². The summed E-state index contributed by atoms with van der Waals surface area (Å²) in [7, 11) is 0. The van der Waals surface area contributed by atoms with Crippen LogP contribution in [0.1, 0.15) is 15.9 Å². The third-order valence-corrected chi connectivity index (χ3v) is 3.57. The molecule has 9 heteroatoms. The number of fused-ring (bicyclic) bond motifs is 1. The zero-order chi connectivity index (χ0) is 18.2. The number of carboxylic acids is 1. The van der Waals surface area contributed by atoms with Crippen LogP contribution in [-0.2, 0) is 6.18 Å². The van der Waals surface area contributed by atoms with Gasteiger partial charge >= 0.3 is 12.1 Å². The molecule has 0 fully saturated rings. The summed E-state index contributed by atoms with van der Waals surface area (Å²) in [4.78, 5) is 15.1. The van der Waals surface area contributed by atoms with E-state index in [9.17, 15) is 27.5 Å². The molecule has 0 aliphatic carbocycles. The molecule has 1 aromatic heterocycles. The van der Waals surface area contributed by atoms with Crippen LogP contribution in [0.3, 0.4) is 0 Å². The van der Waals surface area contributed by atoms with Gasteiger partial charge in [0.25, 0.3) is 0 Å². The van der Waals surface area contributed by atoms with Crippen LogP contribution in [0.4, 0.5) is 28.9 Å². The maximum Gasteiger partial charge on any atom is 0.418 e. The molecule has 0 atom stereocenters. The summed E-state index contributed by atoms with van der Waals surface area (Å²) in [6, 6.07) is 8.73. The minimum absolute atomic E-state index is 0. The Bertz CT molecular complexity index is 977. The van der Waals surface area contributed by atoms with E-state index < -0.39 is 29.0 Å². The highest BCUT2D eigenvalue weighted by Crippen LogP contribution is 2.37. The van der Waals surface area contributed by atoms with Crippen molar-refractivity contribution in [2.75, 3.05) is 5.32 Å². The van der Waals surface area contributed by atoms with Gasteiger partial charge in [-0.3, -0.25) is 4.98 Å². The summed E-state index contributed by atoms with van der Waals surface area (Å²) in [5.41, 5.74) is -2.00. The number of aromatic nitrogens is 1. The Kier molecular flexibility index (Phi) is 5.36. The van der Waals surface area contributed by atoms with Gasteiger partial charge in [0.1, 0.15) is 11.4 Å². The maximum absolute atomic E-state index is 13.9. The van der Waals surface area contributed by atoms with Crippen LogP contribution < -0.4 is 5.32 Å². The first-order chi connectivity index (χ1) is 11.8. The van der Waals surface area contributed by atoms with Crippen molar-refractivity contribution >= 4 is 40.7 Å². The Hall–Kier alpha value is -2.87. The minimum Gasteiger partial charge on any atom is -0.478 e. The molecular formula is C17H11ClF4N2O2. The Morgan fingerprint density at radius 3 is 2.38 bits per heavy atom. The number of pyridine rings is 1. The van der Waals surface area contributed by atoms with Crippen molar-refractivity contribution in [3.05, 3.63) is 65.6 Å². The van der Waals surface area contributed by atoms with E-state index >= 15 is 0 Å². The van der Waals surface area contributed by atoms with Gasteiger partial charge < -0.3 is 10.4 Å². The number of anilines is 2. The highest BCUT2D eigenvalue weighted by Gasteiger charge is 2.34. The molecule has 26 heavy (non-hydrogen) atoms. The van der Waals surface area contributed by atoms with Crippen molar-refractivity contribution in [2.45, 2.75) is 6.18 Å². The largest absolute Gasteiger partial charge is 0.478 e. The number of alkyl halides is 3. The molecule has 4 nitrogen and oxygen atoms in total. The Balaban J connectivity index is 0.00000243. The van der Waals surface area contributed by atoms with Gasteiger partial charge in [-0.15, -0.1) is 12.4 Å². The zero-order valence-electron chi connectivity index (χ0n) is 12.8. The van der Waals surface area contributed by atoms with Crippen LogP contribution in [0.15, 0.2) is 48.7 Å². The molecule has 0 spiro atoms. The Labute approximate surface area is 150 Å². The van der Waals surface area contributed by atoms with Crippen LogP contribution in [0.2, 0.25) is 0 Å². The molecule has 0 saturated carbocycles. The van der Waals surface area contributed by atoms with Gasteiger partial charge in [0.2, 0.25) is 0 Å². The van der Waals surface area contributed by atoms with Crippen LogP contribution >= 0.6 is 12.4 Å². The Morgan fingerprint density at radius 1 is 1.08 bits per heavy atom. The number of halogens is 5. The molecule has 1 heterocycles. The standard InChI is InChI=1S/C17H10F4N2O2.ClH/c18-12-6-1-2-7-13(12)23-14-9-4-3-5-11(17(19,20)21)15(9)22-8-10(14)16(24)25;/h1-8H,(H,22,23)(H,24,25);1H.